The molecule has 0 atom stereocenters. The van der Waals surface area contributed by atoms with Crippen LogP contribution in [0.5, 0.6) is 0 Å². The van der Waals surface area contributed by atoms with E-state index < -0.39 is 5.91 Å². The summed E-state index contributed by atoms with van der Waals surface area (Å²) in [7, 11) is 0. The first-order valence-electron chi connectivity index (χ1n) is 7.05. The lowest BCUT2D eigenvalue weighted by Gasteiger charge is -2.26. The lowest BCUT2D eigenvalue weighted by molar-refractivity contribution is -0.146. The maximum Gasteiger partial charge on any atom is 0.311 e. The van der Waals surface area contributed by atoms with Crippen molar-refractivity contribution in [3.05, 3.63) is 0 Å². The summed E-state index contributed by atoms with van der Waals surface area (Å²) < 4.78 is 0. The number of rotatable bonds is 3. The third kappa shape index (κ3) is 3.70. The molecule has 0 unspecified atom stereocenters. The van der Waals surface area contributed by atoms with E-state index in [0.717, 1.165) is 25.4 Å². The molecular weight excluding hydrogens is 230 g/mol. The molecule has 102 valence electrons. The Balaban J connectivity index is 1.65. The van der Waals surface area contributed by atoms with Gasteiger partial charge in [-0.05, 0) is 12.3 Å². The first kappa shape index (κ1) is 13.3. The predicted molar refractivity (Wildman–Crippen MR) is 69.0 cm³/mol. The number of piperazine rings is 1. The molecule has 5 nitrogen and oxygen atoms in total. The van der Waals surface area contributed by atoms with Gasteiger partial charge in [0.2, 0.25) is 0 Å². The molecular formula is C13H23N3O2. The number of hydrogen-bond acceptors (Lipinski definition) is 3. The fourth-order valence-corrected chi connectivity index (χ4v) is 2.78. The molecule has 5 heteroatoms. The molecule has 18 heavy (non-hydrogen) atoms. The second kappa shape index (κ2) is 6.73. The zero-order valence-electron chi connectivity index (χ0n) is 10.9. The SMILES string of the molecule is O=C(NCCC1CCCC1)C(=O)N1CCNCC1. The number of nitrogens with zero attached hydrogens (tertiary/aromatic N) is 1. The highest BCUT2D eigenvalue weighted by molar-refractivity contribution is 6.35. The number of carbonyl (C=O) groups excluding carboxylic acids is 2. The van der Waals surface area contributed by atoms with E-state index in [-0.39, 0.29) is 5.91 Å². The van der Waals surface area contributed by atoms with Gasteiger partial charge in [0.05, 0.1) is 0 Å². The van der Waals surface area contributed by atoms with Gasteiger partial charge in [0.25, 0.3) is 0 Å². The lowest BCUT2D eigenvalue weighted by Crippen LogP contribution is -2.51. The highest BCUT2D eigenvalue weighted by Gasteiger charge is 2.23. The van der Waals surface area contributed by atoms with Gasteiger partial charge >= 0.3 is 11.8 Å². The first-order valence-corrected chi connectivity index (χ1v) is 7.05. The lowest BCUT2D eigenvalue weighted by atomic mass is 10.0. The smallest absolute Gasteiger partial charge is 0.311 e. The van der Waals surface area contributed by atoms with Gasteiger partial charge in [0.1, 0.15) is 0 Å². The Morgan fingerprint density at radius 1 is 1.17 bits per heavy atom. The monoisotopic (exact) mass is 253 g/mol. The summed E-state index contributed by atoms with van der Waals surface area (Å²) in [6.45, 7) is 3.47. The van der Waals surface area contributed by atoms with Gasteiger partial charge < -0.3 is 15.5 Å². The molecule has 0 radical (unpaired) electrons. The number of amides is 2. The minimum atomic E-state index is -0.435. The average Bonchev–Trinajstić information content (AvgIpc) is 2.92. The zero-order valence-corrected chi connectivity index (χ0v) is 10.9. The quantitative estimate of drug-likeness (QED) is 0.702. The van der Waals surface area contributed by atoms with Crippen LogP contribution >= 0.6 is 0 Å². The molecule has 2 fully saturated rings. The van der Waals surface area contributed by atoms with Crippen molar-refractivity contribution < 1.29 is 9.59 Å². The summed E-state index contributed by atoms with van der Waals surface area (Å²) in [6, 6.07) is 0. The van der Waals surface area contributed by atoms with Crippen molar-refractivity contribution >= 4 is 11.8 Å². The third-order valence-electron chi connectivity index (χ3n) is 3.91. The molecule has 2 amide bonds. The fourth-order valence-electron chi connectivity index (χ4n) is 2.78. The second-order valence-electron chi connectivity index (χ2n) is 5.24. The summed E-state index contributed by atoms with van der Waals surface area (Å²) in [4.78, 5) is 25.1. The van der Waals surface area contributed by atoms with Crippen LogP contribution in [0.4, 0.5) is 0 Å². The standard InChI is InChI=1S/C13H23N3O2/c17-12(13(18)16-9-7-14-8-10-16)15-6-5-11-3-1-2-4-11/h11,14H,1-10H2,(H,15,17). The molecule has 0 aromatic heterocycles. The highest BCUT2D eigenvalue weighted by Crippen LogP contribution is 2.26. The van der Waals surface area contributed by atoms with Crippen LogP contribution in [0.25, 0.3) is 0 Å². The van der Waals surface area contributed by atoms with E-state index in [1.54, 1.807) is 4.90 Å². The molecule has 0 bridgehead atoms. The minimum absolute atomic E-state index is 0.372. The van der Waals surface area contributed by atoms with Crippen LogP contribution in [0.15, 0.2) is 0 Å². The van der Waals surface area contributed by atoms with Crippen molar-refractivity contribution in [1.82, 2.24) is 15.5 Å². The number of hydrogen-bond donors (Lipinski definition) is 2. The molecule has 0 aromatic carbocycles. The van der Waals surface area contributed by atoms with Crippen LogP contribution in [-0.4, -0.2) is 49.4 Å². The molecule has 2 rings (SSSR count). The van der Waals surface area contributed by atoms with E-state index in [0.29, 0.717) is 19.6 Å². The van der Waals surface area contributed by atoms with Gasteiger partial charge in [-0.15, -0.1) is 0 Å². The van der Waals surface area contributed by atoms with Crippen molar-refractivity contribution in [2.75, 3.05) is 32.7 Å². The predicted octanol–water partition coefficient (Wildman–Crippen LogP) is 0.115. The van der Waals surface area contributed by atoms with Gasteiger partial charge in [-0.2, -0.15) is 0 Å². The van der Waals surface area contributed by atoms with Gasteiger partial charge in [-0.1, -0.05) is 25.7 Å². The van der Waals surface area contributed by atoms with E-state index in [2.05, 4.69) is 10.6 Å². The van der Waals surface area contributed by atoms with E-state index in [1.165, 1.54) is 25.7 Å². The summed E-state index contributed by atoms with van der Waals surface area (Å²) in [6.07, 6.45) is 6.21. The van der Waals surface area contributed by atoms with Crippen LogP contribution in [-0.2, 0) is 9.59 Å². The van der Waals surface area contributed by atoms with Crippen LogP contribution in [0, 0.1) is 5.92 Å². The van der Waals surface area contributed by atoms with Crippen LogP contribution < -0.4 is 10.6 Å². The Hall–Kier alpha value is -1.10. The Morgan fingerprint density at radius 2 is 1.83 bits per heavy atom. The summed E-state index contributed by atoms with van der Waals surface area (Å²) >= 11 is 0. The van der Waals surface area contributed by atoms with Crippen molar-refractivity contribution in [3.63, 3.8) is 0 Å². The van der Waals surface area contributed by atoms with Crippen LogP contribution in [0.1, 0.15) is 32.1 Å². The van der Waals surface area contributed by atoms with Gasteiger partial charge in [0.15, 0.2) is 0 Å². The average molecular weight is 253 g/mol. The van der Waals surface area contributed by atoms with E-state index in [9.17, 15) is 9.59 Å². The molecule has 1 aliphatic carbocycles. The van der Waals surface area contributed by atoms with E-state index >= 15 is 0 Å². The molecule has 2 aliphatic rings. The first-order chi connectivity index (χ1) is 8.77. The van der Waals surface area contributed by atoms with Crippen LogP contribution in [0.3, 0.4) is 0 Å². The minimum Gasteiger partial charge on any atom is -0.348 e. The van der Waals surface area contributed by atoms with Crippen molar-refractivity contribution in [2.24, 2.45) is 5.92 Å². The third-order valence-corrected chi connectivity index (χ3v) is 3.91. The second-order valence-corrected chi connectivity index (χ2v) is 5.24. The molecule has 2 N–H and O–H groups in total. The Labute approximate surface area is 108 Å². The molecule has 1 aliphatic heterocycles. The molecule has 1 heterocycles. The normalized spacial score (nSPS) is 21.0. The number of carbonyl (C=O) groups is 2. The molecule has 1 saturated carbocycles. The maximum absolute atomic E-state index is 11.8. The van der Waals surface area contributed by atoms with Gasteiger partial charge in [-0.3, -0.25) is 9.59 Å². The Bertz CT molecular complexity index is 295. The van der Waals surface area contributed by atoms with E-state index in [4.69, 9.17) is 0 Å². The molecule has 0 aromatic rings. The van der Waals surface area contributed by atoms with E-state index in [1.807, 2.05) is 0 Å². The van der Waals surface area contributed by atoms with Crippen molar-refractivity contribution in [2.45, 2.75) is 32.1 Å². The maximum atomic E-state index is 11.8. The molecule has 1 saturated heterocycles. The highest BCUT2D eigenvalue weighted by atomic mass is 16.2. The number of nitrogens with one attached hydrogen (secondary N) is 2. The summed E-state index contributed by atoms with van der Waals surface area (Å²) in [5.41, 5.74) is 0. The summed E-state index contributed by atoms with van der Waals surface area (Å²) in [5.74, 6) is -0.0580. The topological polar surface area (TPSA) is 61.4 Å². The molecule has 0 spiro atoms. The van der Waals surface area contributed by atoms with Crippen molar-refractivity contribution in [1.29, 1.82) is 0 Å². The van der Waals surface area contributed by atoms with Crippen LogP contribution in [0.2, 0.25) is 0 Å². The Morgan fingerprint density at radius 3 is 2.50 bits per heavy atom. The van der Waals surface area contributed by atoms with Crippen molar-refractivity contribution in [3.8, 4) is 0 Å². The zero-order chi connectivity index (χ0) is 12.8. The fraction of sp³-hybridized carbons (Fsp3) is 0.846. The Kier molecular flexibility index (Phi) is 4.99. The van der Waals surface area contributed by atoms with Gasteiger partial charge in [-0.25, -0.2) is 0 Å². The summed E-state index contributed by atoms with van der Waals surface area (Å²) in [5, 5.41) is 5.92. The van der Waals surface area contributed by atoms with Gasteiger partial charge in [0, 0.05) is 32.7 Å². The largest absolute Gasteiger partial charge is 0.348 e.